The quantitative estimate of drug-likeness (QED) is 0.493. The van der Waals surface area contributed by atoms with Crippen molar-refractivity contribution in [2.24, 2.45) is 5.10 Å². The molecule has 0 atom stereocenters. The fourth-order valence-corrected chi connectivity index (χ4v) is 3.83. The van der Waals surface area contributed by atoms with E-state index in [4.69, 9.17) is 9.15 Å². The van der Waals surface area contributed by atoms with Crippen LogP contribution in [-0.2, 0) is 17.6 Å². The van der Waals surface area contributed by atoms with Crippen molar-refractivity contribution in [3.05, 3.63) is 40.2 Å². The average molecular weight is 347 g/mol. The summed E-state index contributed by atoms with van der Waals surface area (Å²) in [5.74, 6) is 0.129. The van der Waals surface area contributed by atoms with E-state index in [1.165, 1.54) is 23.8 Å². The zero-order chi connectivity index (χ0) is 16.9. The number of hydrogen-bond donors (Lipinski definition) is 2. The molecule has 2 heterocycles. The molecule has 0 aromatic carbocycles. The van der Waals surface area contributed by atoms with Crippen molar-refractivity contribution in [3.63, 3.8) is 0 Å². The number of hydrazone groups is 1. The first kappa shape index (κ1) is 16.3. The van der Waals surface area contributed by atoms with Crippen molar-refractivity contribution in [3.8, 4) is 0 Å². The summed E-state index contributed by atoms with van der Waals surface area (Å²) in [5, 5.41) is 6.98. The summed E-state index contributed by atoms with van der Waals surface area (Å²) in [4.78, 5) is 25.3. The molecule has 0 bridgehead atoms. The van der Waals surface area contributed by atoms with E-state index in [0.29, 0.717) is 22.9 Å². The highest BCUT2D eigenvalue weighted by Gasteiger charge is 2.28. The fraction of sp³-hybridized carbons (Fsp3) is 0.312. The first-order chi connectivity index (χ1) is 11.7. The topological polar surface area (TPSA) is 92.9 Å². The van der Waals surface area contributed by atoms with E-state index in [9.17, 15) is 9.59 Å². The van der Waals surface area contributed by atoms with Crippen LogP contribution in [0.15, 0.2) is 27.9 Å². The summed E-state index contributed by atoms with van der Waals surface area (Å²) in [6.45, 7) is 2.05. The Morgan fingerprint density at radius 3 is 3.08 bits per heavy atom. The Bertz CT molecular complexity index is 765. The molecular formula is C16H17N3O4S. The number of nitrogens with one attached hydrogen (secondary N) is 2. The lowest BCUT2D eigenvalue weighted by molar-refractivity contribution is 0.0527. The lowest BCUT2D eigenvalue weighted by Crippen LogP contribution is -2.25. The Labute approximate surface area is 142 Å². The number of urea groups is 1. The predicted octanol–water partition coefficient (Wildman–Crippen LogP) is 3.16. The van der Waals surface area contributed by atoms with Gasteiger partial charge in [0.2, 0.25) is 0 Å². The van der Waals surface area contributed by atoms with Gasteiger partial charge >= 0.3 is 12.0 Å². The minimum absolute atomic E-state index is 0.294. The minimum atomic E-state index is -0.525. The van der Waals surface area contributed by atoms with Crippen molar-refractivity contribution < 1.29 is 18.7 Å². The van der Waals surface area contributed by atoms with Gasteiger partial charge in [0.1, 0.15) is 10.8 Å². The zero-order valence-electron chi connectivity index (χ0n) is 13.1. The van der Waals surface area contributed by atoms with Crippen LogP contribution in [0, 0.1) is 0 Å². The standard InChI is InChI=1S/C16H17N3O4S/c1-2-22-15(20)13-11-6-3-7-12(11)24-14(13)18-16(21)19-17-9-10-5-4-8-23-10/h4-5,8-9H,2-3,6-7H2,1H3,(H2,18,19,21). The molecule has 2 aromatic rings. The summed E-state index contributed by atoms with van der Waals surface area (Å²) < 4.78 is 10.2. The van der Waals surface area contributed by atoms with Gasteiger partial charge in [0.25, 0.3) is 0 Å². The number of hydrogen-bond acceptors (Lipinski definition) is 6. The van der Waals surface area contributed by atoms with E-state index >= 15 is 0 Å². The Morgan fingerprint density at radius 1 is 1.46 bits per heavy atom. The molecule has 3 rings (SSSR count). The molecule has 0 aliphatic heterocycles. The van der Waals surface area contributed by atoms with E-state index in [1.54, 1.807) is 19.1 Å². The first-order valence-electron chi connectivity index (χ1n) is 7.64. The van der Waals surface area contributed by atoms with Crippen molar-refractivity contribution in [1.29, 1.82) is 0 Å². The molecule has 0 spiro atoms. The predicted molar refractivity (Wildman–Crippen MR) is 90.8 cm³/mol. The van der Waals surface area contributed by atoms with Crippen LogP contribution in [-0.4, -0.2) is 24.8 Å². The molecule has 8 heteroatoms. The highest BCUT2D eigenvalue weighted by atomic mass is 32.1. The number of carbonyl (C=O) groups excluding carboxylic acids is 2. The van der Waals surface area contributed by atoms with Crippen LogP contribution in [0.1, 0.15) is 39.9 Å². The Morgan fingerprint density at radius 2 is 2.33 bits per heavy atom. The van der Waals surface area contributed by atoms with E-state index in [2.05, 4.69) is 15.8 Å². The highest BCUT2D eigenvalue weighted by molar-refractivity contribution is 7.17. The maximum Gasteiger partial charge on any atom is 0.341 e. The van der Waals surface area contributed by atoms with Crippen LogP contribution in [0.5, 0.6) is 0 Å². The van der Waals surface area contributed by atoms with Crippen LogP contribution in [0.4, 0.5) is 9.80 Å². The Balaban J connectivity index is 1.70. The number of anilines is 1. The number of fused-ring (bicyclic) bond motifs is 1. The number of thiophene rings is 1. The van der Waals surface area contributed by atoms with Gasteiger partial charge in [-0.3, -0.25) is 5.32 Å². The van der Waals surface area contributed by atoms with Crippen LogP contribution in [0.25, 0.3) is 0 Å². The molecule has 0 saturated heterocycles. The number of rotatable bonds is 5. The van der Waals surface area contributed by atoms with Gasteiger partial charge in [0.15, 0.2) is 0 Å². The molecule has 0 radical (unpaired) electrons. The number of furan rings is 1. The number of nitrogens with zero attached hydrogens (tertiary/aromatic N) is 1. The number of amides is 2. The Hall–Kier alpha value is -2.61. The van der Waals surface area contributed by atoms with Crippen molar-refractivity contribution in [2.75, 3.05) is 11.9 Å². The van der Waals surface area contributed by atoms with Gasteiger partial charge in [-0.2, -0.15) is 5.10 Å². The molecule has 2 aromatic heterocycles. The molecule has 1 aliphatic carbocycles. The minimum Gasteiger partial charge on any atom is -0.463 e. The second-order valence-corrected chi connectivity index (χ2v) is 6.23. The maximum atomic E-state index is 12.2. The number of aryl methyl sites for hydroxylation is 1. The van der Waals surface area contributed by atoms with E-state index < -0.39 is 12.0 Å². The lowest BCUT2D eigenvalue weighted by atomic mass is 10.1. The van der Waals surface area contributed by atoms with Gasteiger partial charge in [-0.1, -0.05) is 0 Å². The lowest BCUT2D eigenvalue weighted by Gasteiger charge is -2.07. The number of esters is 1. The third kappa shape index (κ3) is 3.48. The second kappa shape index (κ2) is 7.31. The number of carbonyl (C=O) groups is 2. The highest BCUT2D eigenvalue weighted by Crippen LogP contribution is 2.39. The normalized spacial score (nSPS) is 13.0. The molecule has 0 fully saturated rings. The van der Waals surface area contributed by atoms with Gasteiger partial charge in [0, 0.05) is 4.88 Å². The first-order valence-corrected chi connectivity index (χ1v) is 8.46. The molecule has 7 nitrogen and oxygen atoms in total. The van der Waals surface area contributed by atoms with E-state index in [0.717, 1.165) is 29.7 Å². The van der Waals surface area contributed by atoms with E-state index in [-0.39, 0.29) is 0 Å². The smallest absolute Gasteiger partial charge is 0.341 e. The van der Waals surface area contributed by atoms with Crippen LogP contribution in [0.2, 0.25) is 0 Å². The third-order valence-electron chi connectivity index (χ3n) is 3.53. The molecule has 2 N–H and O–H groups in total. The van der Waals surface area contributed by atoms with E-state index in [1.807, 2.05) is 0 Å². The van der Waals surface area contributed by atoms with Gasteiger partial charge in [-0.25, -0.2) is 15.0 Å². The van der Waals surface area contributed by atoms with Gasteiger partial charge < -0.3 is 9.15 Å². The van der Waals surface area contributed by atoms with Crippen molar-refractivity contribution in [1.82, 2.24) is 5.43 Å². The van der Waals surface area contributed by atoms with Gasteiger partial charge in [-0.05, 0) is 43.9 Å². The summed E-state index contributed by atoms with van der Waals surface area (Å²) in [5.41, 5.74) is 3.81. The monoisotopic (exact) mass is 347 g/mol. The number of ether oxygens (including phenoxy) is 1. The third-order valence-corrected chi connectivity index (χ3v) is 4.74. The van der Waals surface area contributed by atoms with Gasteiger partial charge in [-0.15, -0.1) is 11.3 Å². The molecular weight excluding hydrogens is 330 g/mol. The Kier molecular flexibility index (Phi) is 4.95. The molecule has 1 aliphatic rings. The van der Waals surface area contributed by atoms with Crippen molar-refractivity contribution >= 4 is 34.6 Å². The van der Waals surface area contributed by atoms with Crippen molar-refractivity contribution in [2.45, 2.75) is 26.2 Å². The zero-order valence-corrected chi connectivity index (χ0v) is 13.9. The van der Waals surface area contributed by atoms with Gasteiger partial charge in [0.05, 0.1) is 24.6 Å². The maximum absolute atomic E-state index is 12.2. The molecule has 0 saturated carbocycles. The fourth-order valence-electron chi connectivity index (χ4n) is 2.56. The summed E-state index contributed by atoms with van der Waals surface area (Å²) in [7, 11) is 0. The summed E-state index contributed by atoms with van der Waals surface area (Å²) in [6, 6.07) is 2.91. The van der Waals surface area contributed by atoms with Crippen LogP contribution >= 0.6 is 11.3 Å². The summed E-state index contributed by atoms with van der Waals surface area (Å²) in [6.07, 6.45) is 5.68. The average Bonchev–Trinajstić information content (AvgIpc) is 3.24. The largest absolute Gasteiger partial charge is 0.463 e. The molecule has 2 amide bonds. The molecule has 126 valence electrons. The molecule has 0 unspecified atom stereocenters. The van der Waals surface area contributed by atoms with Crippen LogP contribution in [0.3, 0.4) is 0 Å². The molecule has 24 heavy (non-hydrogen) atoms. The second-order valence-electron chi connectivity index (χ2n) is 5.12. The summed E-state index contributed by atoms with van der Waals surface area (Å²) >= 11 is 1.42. The SMILES string of the molecule is CCOC(=O)c1c(NC(=O)NN=Cc2ccco2)sc2c1CCC2. The van der Waals surface area contributed by atoms with Crippen LogP contribution < -0.4 is 10.7 Å².